The predicted octanol–water partition coefficient (Wildman–Crippen LogP) is 1.22. The molecule has 0 saturated carbocycles. The van der Waals surface area contributed by atoms with E-state index in [0.29, 0.717) is 18.3 Å². The molecule has 1 unspecified atom stereocenters. The SMILES string of the molecule is O=C(COCC1CCCNC1)Nc1ccn(-c2ccncc2)n1. The van der Waals surface area contributed by atoms with Gasteiger partial charge in [-0.2, -0.15) is 5.10 Å². The molecule has 1 saturated heterocycles. The first-order valence-corrected chi connectivity index (χ1v) is 7.85. The smallest absolute Gasteiger partial charge is 0.251 e. The first-order chi connectivity index (χ1) is 11.3. The molecule has 0 radical (unpaired) electrons. The van der Waals surface area contributed by atoms with Crippen LogP contribution in [0.1, 0.15) is 12.8 Å². The van der Waals surface area contributed by atoms with Gasteiger partial charge in [-0.3, -0.25) is 9.78 Å². The summed E-state index contributed by atoms with van der Waals surface area (Å²) in [6, 6.07) is 5.45. The van der Waals surface area contributed by atoms with Crippen molar-refractivity contribution >= 4 is 11.7 Å². The van der Waals surface area contributed by atoms with Gasteiger partial charge < -0.3 is 15.4 Å². The maximum absolute atomic E-state index is 11.9. The third-order valence-corrected chi connectivity index (χ3v) is 3.77. The number of nitrogens with zero attached hydrogens (tertiary/aromatic N) is 3. The Hall–Kier alpha value is -2.25. The molecule has 0 bridgehead atoms. The van der Waals surface area contributed by atoms with Gasteiger partial charge in [0, 0.05) is 31.2 Å². The molecular formula is C16H21N5O2. The van der Waals surface area contributed by atoms with Crippen molar-refractivity contribution in [2.24, 2.45) is 5.92 Å². The molecule has 2 N–H and O–H groups in total. The summed E-state index contributed by atoms with van der Waals surface area (Å²) in [7, 11) is 0. The molecule has 3 heterocycles. The van der Waals surface area contributed by atoms with Crippen molar-refractivity contribution in [3.05, 3.63) is 36.8 Å². The Morgan fingerprint density at radius 2 is 2.26 bits per heavy atom. The minimum atomic E-state index is -0.186. The van der Waals surface area contributed by atoms with Crippen LogP contribution < -0.4 is 10.6 Å². The van der Waals surface area contributed by atoms with E-state index in [1.807, 2.05) is 12.1 Å². The molecule has 7 heteroatoms. The van der Waals surface area contributed by atoms with E-state index in [9.17, 15) is 4.79 Å². The van der Waals surface area contributed by atoms with E-state index in [1.54, 1.807) is 29.3 Å². The van der Waals surface area contributed by atoms with E-state index < -0.39 is 0 Å². The first kappa shape index (κ1) is 15.6. The number of carbonyl (C=O) groups is 1. The Kier molecular flexibility index (Phi) is 5.33. The van der Waals surface area contributed by atoms with E-state index in [4.69, 9.17) is 4.74 Å². The minimum Gasteiger partial charge on any atom is -0.371 e. The summed E-state index contributed by atoms with van der Waals surface area (Å²) in [5.41, 5.74) is 0.890. The van der Waals surface area contributed by atoms with Gasteiger partial charge in [0.25, 0.3) is 5.91 Å². The fourth-order valence-corrected chi connectivity index (χ4v) is 2.59. The lowest BCUT2D eigenvalue weighted by molar-refractivity contribution is -0.121. The van der Waals surface area contributed by atoms with Crippen molar-refractivity contribution in [1.82, 2.24) is 20.1 Å². The fourth-order valence-electron chi connectivity index (χ4n) is 2.59. The molecule has 1 amide bonds. The van der Waals surface area contributed by atoms with E-state index >= 15 is 0 Å². The summed E-state index contributed by atoms with van der Waals surface area (Å²) in [6.07, 6.45) is 7.52. The number of amides is 1. The summed E-state index contributed by atoms with van der Waals surface area (Å²) in [5.74, 6) is 0.825. The lowest BCUT2D eigenvalue weighted by Crippen LogP contribution is -2.33. The van der Waals surface area contributed by atoms with Crippen LogP contribution in [0, 0.1) is 5.92 Å². The van der Waals surface area contributed by atoms with Crippen LogP contribution in [0.15, 0.2) is 36.8 Å². The van der Waals surface area contributed by atoms with Gasteiger partial charge in [0.1, 0.15) is 6.61 Å². The van der Waals surface area contributed by atoms with Gasteiger partial charge in [-0.15, -0.1) is 0 Å². The van der Waals surface area contributed by atoms with E-state index in [0.717, 1.165) is 25.2 Å². The summed E-state index contributed by atoms with van der Waals surface area (Å²) >= 11 is 0. The molecular weight excluding hydrogens is 294 g/mol. The number of anilines is 1. The highest BCUT2D eigenvalue weighted by atomic mass is 16.5. The Morgan fingerprint density at radius 1 is 1.39 bits per heavy atom. The molecule has 1 aliphatic rings. The quantitative estimate of drug-likeness (QED) is 0.838. The van der Waals surface area contributed by atoms with Crippen molar-refractivity contribution in [2.75, 3.05) is 31.6 Å². The summed E-state index contributed by atoms with van der Waals surface area (Å²) in [5, 5.41) is 10.4. The molecule has 2 aromatic heterocycles. The molecule has 3 rings (SSSR count). The molecule has 0 spiro atoms. The monoisotopic (exact) mass is 315 g/mol. The number of aromatic nitrogens is 3. The van der Waals surface area contributed by atoms with Gasteiger partial charge in [-0.1, -0.05) is 0 Å². The van der Waals surface area contributed by atoms with Crippen LogP contribution in [0.25, 0.3) is 5.69 Å². The topological polar surface area (TPSA) is 81.1 Å². The van der Waals surface area contributed by atoms with Gasteiger partial charge in [0.2, 0.25) is 0 Å². The van der Waals surface area contributed by atoms with Gasteiger partial charge in [0.05, 0.1) is 12.3 Å². The number of rotatable bonds is 6. The molecule has 23 heavy (non-hydrogen) atoms. The number of pyridine rings is 1. The van der Waals surface area contributed by atoms with Crippen LogP contribution in [0.5, 0.6) is 0 Å². The van der Waals surface area contributed by atoms with Crippen molar-refractivity contribution in [2.45, 2.75) is 12.8 Å². The van der Waals surface area contributed by atoms with Crippen LogP contribution in [0.4, 0.5) is 5.82 Å². The third kappa shape index (κ3) is 4.61. The van der Waals surface area contributed by atoms with Crippen molar-refractivity contribution in [1.29, 1.82) is 0 Å². The zero-order valence-electron chi connectivity index (χ0n) is 12.9. The standard InChI is InChI=1S/C16H21N5O2/c22-16(12-23-11-13-2-1-6-18-10-13)19-15-5-9-21(20-15)14-3-7-17-8-4-14/h3-5,7-9,13,18H,1-2,6,10-12H2,(H,19,20,22). The van der Waals surface area contributed by atoms with Crippen LogP contribution >= 0.6 is 0 Å². The third-order valence-electron chi connectivity index (χ3n) is 3.77. The molecule has 1 fully saturated rings. The Balaban J connectivity index is 1.44. The Morgan fingerprint density at radius 3 is 3.04 bits per heavy atom. The number of hydrogen-bond donors (Lipinski definition) is 2. The molecule has 122 valence electrons. The number of nitrogens with one attached hydrogen (secondary N) is 2. The van der Waals surface area contributed by atoms with Crippen molar-refractivity contribution in [3.63, 3.8) is 0 Å². The average molecular weight is 315 g/mol. The Bertz CT molecular complexity index is 622. The number of hydrogen-bond acceptors (Lipinski definition) is 5. The predicted molar refractivity (Wildman–Crippen MR) is 86.4 cm³/mol. The fraction of sp³-hybridized carbons (Fsp3) is 0.438. The van der Waals surface area contributed by atoms with Gasteiger partial charge >= 0.3 is 0 Å². The summed E-state index contributed by atoms with van der Waals surface area (Å²) in [4.78, 5) is 15.9. The second-order valence-corrected chi connectivity index (χ2v) is 5.63. The Labute approximate surface area is 135 Å². The lowest BCUT2D eigenvalue weighted by atomic mass is 10.0. The molecule has 0 aliphatic carbocycles. The second kappa shape index (κ2) is 7.85. The van der Waals surface area contributed by atoms with Crippen molar-refractivity contribution in [3.8, 4) is 5.69 Å². The van der Waals surface area contributed by atoms with Gasteiger partial charge in [-0.05, 0) is 37.4 Å². The zero-order valence-corrected chi connectivity index (χ0v) is 12.9. The second-order valence-electron chi connectivity index (χ2n) is 5.63. The first-order valence-electron chi connectivity index (χ1n) is 7.85. The number of piperidine rings is 1. The van der Waals surface area contributed by atoms with Crippen LogP contribution in [0.3, 0.4) is 0 Å². The zero-order chi connectivity index (χ0) is 15.9. The number of carbonyl (C=O) groups excluding carboxylic acids is 1. The van der Waals surface area contributed by atoms with Crippen LogP contribution in [0.2, 0.25) is 0 Å². The minimum absolute atomic E-state index is 0.0542. The van der Waals surface area contributed by atoms with E-state index in [2.05, 4.69) is 20.7 Å². The molecule has 0 aromatic carbocycles. The van der Waals surface area contributed by atoms with Crippen LogP contribution in [-0.2, 0) is 9.53 Å². The molecule has 1 aliphatic heterocycles. The maximum atomic E-state index is 11.9. The van der Waals surface area contributed by atoms with Crippen LogP contribution in [-0.4, -0.2) is 47.0 Å². The summed E-state index contributed by atoms with van der Waals surface area (Å²) in [6.45, 7) is 2.72. The normalized spacial score (nSPS) is 17.8. The highest BCUT2D eigenvalue weighted by Gasteiger charge is 2.14. The molecule has 7 nitrogen and oxygen atoms in total. The van der Waals surface area contributed by atoms with Gasteiger partial charge in [0.15, 0.2) is 5.82 Å². The van der Waals surface area contributed by atoms with Gasteiger partial charge in [-0.25, -0.2) is 4.68 Å². The lowest BCUT2D eigenvalue weighted by Gasteiger charge is -2.22. The van der Waals surface area contributed by atoms with E-state index in [1.165, 1.54) is 6.42 Å². The maximum Gasteiger partial charge on any atom is 0.251 e. The van der Waals surface area contributed by atoms with Crippen molar-refractivity contribution < 1.29 is 9.53 Å². The number of ether oxygens (including phenoxy) is 1. The highest BCUT2D eigenvalue weighted by Crippen LogP contribution is 2.11. The summed E-state index contributed by atoms with van der Waals surface area (Å²) < 4.78 is 7.19. The molecule has 2 aromatic rings. The van der Waals surface area contributed by atoms with E-state index in [-0.39, 0.29) is 12.5 Å². The highest BCUT2D eigenvalue weighted by molar-refractivity contribution is 5.90. The average Bonchev–Trinajstić information content (AvgIpc) is 3.05. The molecule has 1 atom stereocenters. The largest absolute Gasteiger partial charge is 0.371 e.